The van der Waals surface area contributed by atoms with Crippen LogP contribution in [0, 0.1) is 28.8 Å². The summed E-state index contributed by atoms with van der Waals surface area (Å²) in [6.45, 7) is 5.17. The van der Waals surface area contributed by atoms with Gasteiger partial charge in [0.2, 0.25) is 0 Å². The minimum Gasteiger partial charge on any atom is -0.462 e. The van der Waals surface area contributed by atoms with Crippen LogP contribution in [0.15, 0.2) is 12.1 Å². The highest BCUT2D eigenvalue weighted by Crippen LogP contribution is 2.21. The minimum atomic E-state index is -0.881. The molecule has 0 aromatic heterocycles. The van der Waals surface area contributed by atoms with Crippen molar-refractivity contribution in [1.82, 2.24) is 0 Å². The monoisotopic (exact) mass is 255 g/mol. The average molecular weight is 255 g/mol. The first-order valence-electron chi connectivity index (χ1n) is 5.44. The Bertz CT molecular complexity index is 485. The van der Waals surface area contributed by atoms with Gasteiger partial charge in [-0.05, 0) is 18.4 Å². The fourth-order valence-corrected chi connectivity index (χ4v) is 1.32. The van der Waals surface area contributed by atoms with E-state index in [-0.39, 0.29) is 23.8 Å². The number of ether oxygens (including phenoxy) is 1. The molecule has 0 spiro atoms. The Morgan fingerprint density at radius 1 is 1.50 bits per heavy atom. The minimum absolute atomic E-state index is 0.0423. The first-order chi connectivity index (χ1) is 8.32. The van der Waals surface area contributed by atoms with Gasteiger partial charge in [0.1, 0.15) is 11.4 Å². The largest absolute Gasteiger partial charge is 0.462 e. The summed E-state index contributed by atoms with van der Waals surface area (Å²) in [6, 6.07) is 1.97. The first-order valence-corrected chi connectivity index (χ1v) is 5.44. The van der Waals surface area contributed by atoms with Crippen molar-refractivity contribution in [2.45, 2.75) is 20.8 Å². The lowest BCUT2D eigenvalue weighted by atomic mass is 10.1. The van der Waals surface area contributed by atoms with Crippen molar-refractivity contribution < 1.29 is 18.8 Å². The van der Waals surface area contributed by atoms with Crippen molar-refractivity contribution in [2.75, 3.05) is 6.61 Å². The summed E-state index contributed by atoms with van der Waals surface area (Å²) >= 11 is 0. The van der Waals surface area contributed by atoms with Crippen molar-refractivity contribution in [3.8, 4) is 0 Å². The van der Waals surface area contributed by atoms with E-state index in [2.05, 4.69) is 0 Å². The normalized spacial score (nSPS) is 10.5. The van der Waals surface area contributed by atoms with Crippen LogP contribution in [0.5, 0.6) is 0 Å². The van der Waals surface area contributed by atoms with E-state index in [9.17, 15) is 19.3 Å². The average Bonchev–Trinajstić information content (AvgIpc) is 2.29. The van der Waals surface area contributed by atoms with E-state index in [0.717, 1.165) is 12.1 Å². The van der Waals surface area contributed by atoms with Gasteiger partial charge in [-0.25, -0.2) is 9.18 Å². The second-order valence-corrected chi connectivity index (χ2v) is 4.37. The number of rotatable bonds is 4. The molecule has 98 valence electrons. The molecule has 1 rings (SSSR count). The number of hydrogen-bond acceptors (Lipinski definition) is 4. The summed E-state index contributed by atoms with van der Waals surface area (Å²) in [4.78, 5) is 21.6. The molecule has 18 heavy (non-hydrogen) atoms. The van der Waals surface area contributed by atoms with E-state index in [1.165, 1.54) is 6.92 Å². The van der Waals surface area contributed by atoms with Crippen LogP contribution in [-0.4, -0.2) is 17.5 Å². The Kier molecular flexibility index (Phi) is 4.36. The van der Waals surface area contributed by atoms with E-state index in [1.54, 1.807) is 0 Å². The van der Waals surface area contributed by atoms with Gasteiger partial charge in [0.25, 0.3) is 5.69 Å². The Morgan fingerprint density at radius 3 is 2.61 bits per heavy atom. The molecule has 0 aliphatic carbocycles. The number of nitrogens with zero attached hydrogens (tertiary/aromatic N) is 1. The van der Waals surface area contributed by atoms with E-state index in [1.807, 2.05) is 13.8 Å². The lowest BCUT2D eigenvalue weighted by Gasteiger charge is -2.08. The van der Waals surface area contributed by atoms with Crippen molar-refractivity contribution >= 4 is 11.7 Å². The fraction of sp³-hybridized carbons (Fsp3) is 0.417. The Morgan fingerprint density at radius 2 is 2.11 bits per heavy atom. The van der Waals surface area contributed by atoms with E-state index < -0.39 is 22.3 Å². The highest BCUT2D eigenvalue weighted by molar-refractivity contribution is 5.90. The van der Waals surface area contributed by atoms with Gasteiger partial charge in [0.15, 0.2) is 0 Å². The smallest absolute Gasteiger partial charge is 0.341 e. The maximum Gasteiger partial charge on any atom is 0.341 e. The van der Waals surface area contributed by atoms with Gasteiger partial charge in [0, 0.05) is 12.1 Å². The highest BCUT2D eigenvalue weighted by Gasteiger charge is 2.20. The van der Waals surface area contributed by atoms with Crippen molar-refractivity contribution in [3.05, 3.63) is 39.2 Å². The molecule has 0 saturated carbocycles. The lowest BCUT2D eigenvalue weighted by molar-refractivity contribution is -0.385. The Hall–Kier alpha value is -1.98. The predicted octanol–water partition coefficient (Wildman–Crippen LogP) is 2.86. The zero-order chi connectivity index (χ0) is 13.9. The van der Waals surface area contributed by atoms with Crippen LogP contribution in [0.4, 0.5) is 10.1 Å². The molecule has 0 radical (unpaired) electrons. The van der Waals surface area contributed by atoms with Crippen LogP contribution in [-0.2, 0) is 4.74 Å². The molecule has 0 aliphatic rings. The van der Waals surface area contributed by atoms with Crippen LogP contribution in [0.3, 0.4) is 0 Å². The lowest BCUT2D eigenvalue weighted by Crippen LogP contribution is -2.13. The Labute approximate surface area is 104 Å². The second kappa shape index (κ2) is 5.57. The number of esters is 1. The molecule has 0 amide bonds. The third-order valence-corrected chi connectivity index (χ3v) is 2.22. The quantitative estimate of drug-likeness (QED) is 0.471. The number of carbonyl (C=O) groups excluding carboxylic acids is 1. The molecule has 0 saturated heterocycles. The molecule has 0 N–H and O–H groups in total. The number of carbonyl (C=O) groups is 1. The zero-order valence-corrected chi connectivity index (χ0v) is 10.4. The SMILES string of the molecule is Cc1cc([N+](=O)[O-])cc(C(=O)OCC(C)C)c1F. The van der Waals surface area contributed by atoms with Crippen LogP contribution < -0.4 is 0 Å². The first kappa shape index (κ1) is 14.1. The van der Waals surface area contributed by atoms with Gasteiger partial charge in [-0.15, -0.1) is 0 Å². The number of aryl methyl sites for hydroxylation is 1. The summed E-state index contributed by atoms with van der Waals surface area (Å²) in [5.41, 5.74) is -0.687. The number of nitro groups is 1. The third-order valence-electron chi connectivity index (χ3n) is 2.22. The van der Waals surface area contributed by atoms with E-state index >= 15 is 0 Å². The summed E-state index contributed by atoms with van der Waals surface area (Å²) in [5, 5.41) is 10.6. The summed E-state index contributed by atoms with van der Waals surface area (Å²) in [6.07, 6.45) is 0. The maximum atomic E-state index is 13.7. The maximum absolute atomic E-state index is 13.7. The van der Waals surface area contributed by atoms with Crippen LogP contribution in [0.25, 0.3) is 0 Å². The molecule has 5 nitrogen and oxygen atoms in total. The van der Waals surface area contributed by atoms with Gasteiger partial charge in [-0.3, -0.25) is 10.1 Å². The molecule has 1 aromatic carbocycles. The second-order valence-electron chi connectivity index (χ2n) is 4.37. The van der Waals surface area contributed by atoms with Gasteiger partial charge in [-0.2, -0.15) is 0 Å². The number of halogens is 1. The standard InChI is InChI=1S/C12H14FNO4/c1-7(2)6-18-12(15)10-5-9(14(16)17)4-8(3)11(10)13/h4-5,7H,6H2,1-3H3. The Balaban J connectivity index is 3.07. The fourth-order valence-electron chi connectivity index (χ4n) is 1.32. The molecule has 0 atom stereocenters. The molecule has 0 fully saturated rings. The predicted molar refractivity (Wildman–Crippen MR) is 62.9 cm³/mol. The van der Waals surface area contributed by atoms with Crippen LogP contribution in [0.1, 0.15) is 29.8 Å². The van der Waals surface area contributed by atoms with E-state index in [4.69, 9.17) is 4.74 Å². The van der Waals surface area contributed by atoms with Crippen LogP contribution in [0.2, 0.25) is 0 Å². The topological polar surface area (TPSA) is 69.4 Å². The number of benzene rings is 1. The molecule has 6 heteroatoms. The van der Waals surface area contributed by atoms with E-state index in [0.29, 0.717) is 0 Å². The molecule has 0 aliphatic heterocycles. The third kappa shape index (κ3) is 3.26. The molecule has 0 heterocycles. The van der Waals surface area contributed by atoms with Gasteiger partial charge < -0.3 is 4.74 Å². The molecular weight excluding hydrogens is 241 g/mol. The van der Waals surface area contributed by atoms with Gasteiger partial charge in [-0.1, -0.05) is 13.8 Å². The zero-order valence-electron chi connectivity index (χ0n) is 10.4. The van der Waals surface area contributed by atoms with Crippen LogP contribution >= 0.6 is 0 Å². The van der Waals surface area contributed by atoms with Crippen molar-refractivity contribution in [2.24, 2.45) is 5.92 Å². The molecule has 0 unspecified atom stereocenters. The summed E-state index contributed by atoms with van der Waals surface area (Å²) in [7, 11) is 0. The summed E-state index contributed by atoms with van der Waals surface area (Å²) in [5.74, 6) is -1.56. The number of hydrogen-bond donors (Lipinski definition) is 0. The van der Waals surface area contributed by atoms with Crippen molar-refractivity contribution in [1.29, 1.82) is 0 Å². The molecule has 1 aromatic rings. The number of non-ortho nitro benzene ring substituents is 1. The van der Waals surface area contributed by atoms with Gasteiger partial charge >= 0.3 is 5.97 Å². The number of nitro benzene ring substituents is 1. The van der Waals surface area contributed by atoms with Crippen molar-refractivity contribution in [3.63, 3.8) is 0 Å². The van der Waals surface area contributed by atoms with Gasteiger partial charge in [0.05, 0.1) is 11.5 Å². The summed E-state index contributed by atoms with van der Waals surface area (Å²) < 4.78 is 18.6. The molecule has 0 bridgehead atoms. The highest BCUT2D eigenvalue weighted by atomic mass is 19.1. The molecular formula is C12H14FNO4.